The molecule has 0 aliphatic carbocycles. The van der Waals surface area contributed by atoms with E-state index in [2.05, 4.69) is 20.9 Å². The van der Waals surface area contributed by atoms with Crippen LogP contribution in [0.15, 0.2) is 22.9 Å². The highest BCUT2D eigenvalue weighted by Gasteiger charge is 2.20. The minimum Gasteiger partial charge on any atom is -0.492 e. The normalized spacial score (nSPS) is 11.2. The standard InChI is InChI=1S/C12H18BrN3O/c1-12(2,11(14)15)4-3-5-17-10-6-9(13)7-16-8-10/h6-8H,3-5H2,1-2H3,(H3,14,15). The molecular formula is C12H18BrN3O. The highest BCUT2D eigenvalue weighted by Crippen LogP contribution is 2.22. The van der Waals surface area contributed by atoms with Crippen molar-refractivity contribution in [3.63, 3.8) is 0 Å². The van der Waals surface area contributed by atoms with Crippen LogP contribution in [-0.2, 0) is 0 Å². The van der Waals surface area contributed by atoms with Gasteiger partial charge in [-0.05, 0) is 34.8 Å². The van der Waals surface area contributed by atoms with Gasteiger partial charge in [0.2, 0.25) is 0 Å². The highest BCUT2D eigenvalue weighted by atomic mass is 79.9. The molecule has 0 bridgehead atoms. The van der Waals surface area contributed by atoms with Gasteiger partial charge in [0.05, 0.1) is 18.6 Å². The second-order valence-corrected chi connectivity index (χ2v) is 5.50. The van der Waals surface area contributed by atoms with E-state index in [4.69, 9.17) is 15.9 Å². The first-order chi connectivity index (χ1) is 7.92. The Morgan fingerprint density at radius 1 is 1.53 bits per heavy atom. The van der Waals surface area contributed by atoms with Crippen LogP contribution < -0.4 is 10.5 Å². The van der Waals surface area contributed by atoms with Crippen LogP contribution in [0.2, 0.25) is 0 Å². The third-order valence-corrected chi connectivity index (χ3v) is 3.06. The van der Waals surface area contributed by atoms with Crippen LogP contribution in [0.4, 0.5) is 0 Å². The largest absolute Gasteiger partial charge is 0.492 e. The first-order valence-electron chi connectivity index (χ1n) is 5.50. The smallest absolute Gasteiger partial charge is 0.138 e. The number of amidine groups is 1. The van der Waals surface area contributed by atoms with E-state index < -0.39 is 0 Å². The van der Waals surface area contributed by atoms with Gasteiger partial charge in [-0.2, -0.15) is 0 Å². The number of rotatable bonds is 6. The summed E-state index contributed by atoms with van der Waals surface area (Å²) in [7, 11) is 0. The average Bonchev–Trinajstić information content (AvgIpc) is 2.24. The van der Waals surface area contributed by atoms with Crippen molar-refractivity contribution in [1.29, 1.82) is 5.41 Å². The second kappa shape index (κ2) is 6.00. The SMILES string of the molecule is CC(C)(CCCOc1cncc(Br)c1)C(=N)N. The van der Waals surface area contributed by atoms with E-state index in [1.807, 2.05) is 19.9 Å². The number of hydrogen-bond acceptors (Lipinski definition) is 3. The van der Waals surface area contributed by atoms with Gasteiger partial charge in [0.1, 0.15) is 5.75 Å². The number of aromatic nitrogens is 1. The predicted octanol–water partition coefficient (Wildman–Crippen LogP) is 2.97. The van der Waals surface area contributed by atoms with E-state index in [1.165, 1.54) is 0 Å². The molecule has 1 aromatic rings. The Bertz CT molecular complexity index is 393. The predicted molar refractivity (Wildman–Crippen MR) is 72.4 cm³/mol. The van der Waals surface area contributed by atoms with Crippen molar-refractivity contribution in [3.8, 4) is 5.75 Å². The third-order valence-electron chi connectivity index (χ3n) is 2.62. The van der Waals surface area contributed by atoms with E-state index >= 15 is 0 Å². The molecule has 5 heteroatoms. The summed E-state index contributed by atoms with van der Waals surface area (Å²) < 4.78 is 6.46. The Morgan fingerprint density at radius 2 is 2.24 bits per heavy atom. The maximum atomic E-state index is 7.45. The van der Waals surface area contributed by atoms with Crippen molar-refractivity contribution in [2.45, 2.75) is 26.7 Å². The first kappa shape index (κ1) is 14.0. The summed E-state index contributed by atoms with van der Waals surface area (Å²) in [5.74, 6) is 0.974. The molecule has 1 heterocycles. The van der Waals surface area contributed by atoms with Crippen LogP contribution in [0, 0.1) is 10.8 Å². The topological polar surface area (TPSA) is 72.0 Å². The molecule has 0 fully saturated rings. The fourth-order valence-corrected chi connectivity index (χ4v) is 1.65. The molecule has 1 aromatic heterocycles. The Kier molecular flexibility index (Phi) is 4.93. The molecule has 0 saturated carbocycles. The number of nitrogens with zero attached hydrogens (tertiary/aromatic N) is 1. The van der Waals surface area contributed by atoms with Crippen molar-refractivity contribution in [2.24, 2.45) is 11.1 Å². The van der Waals surface area contributed by atoms with Gasteiger partial charge < -0.3 is 10.5 Å². The van der Waals surface area contributed by atoms with Crippen molar-refractivity contribution < 1.29 is 4.74 Å². The summed E-state index contributed by atoms with van der Waals surface area (Å²) >= 11 is 3.33. The van der Waals surface area contributed by atoms with E-state index in [0.29, 0.717) is 6.61 Å². The van der Waals surface area contributed by atoms with Gasteiger partial charge in [0, 0.05) is 16.1 Å². The molecule has 3 N–H and O–H groups in total. The zero-order valence-electron chi connectivity index (χ0n) is 10.2. The zero-order valence-corrected chi connectivity index (χ0v) is 11.8. The number of nitrogens with one attached hydrogen (secondary N) is 1. The minimum atomic E-state index is -0.251. The molecule has 0 unspecified atom stereocenters. The quantitative estimate of drug-likeness (QED) is 0.482. The van der Waals surface area contributed by atoms with Crippen molar-refractivity contribution >= 4 is 21.8 Å². The zero-order chi connectivity index (χ0) is 12.9. The minimum absolute atomic E-state index is 0.224. The molecule has 0 radical (unpaired) electrons. The molecule has 0 saturated heterocycles. The van der Waals surface area contributed by atoms with Gasteiger partial charge in [0.25, 0.3) is 0 Å². The summed E-state index contributed by atoms with van der Waals surface area (Å²) in [5.41, 5.74) is 5.26. The maximum Gasteiger partial charge on any atom is 0.138 e. The van der Waals surface area contributed by atoms with Crippen LogP contribution in [-0.4, -0.2) is 17.4 Å². The van der Waals surface area contributed by atoms with E-state index in [9.17, 15) is 0 Å². The van der Waals surface area contributed by atoms with Gasteiger partial charge in [-0.15, -0.1) is 0 Å². The molecule has 17 heavy (non-hydrogen) atoms. The van der Waals surface area contributed by atoms with Crippen LogP contribution in [0.25, 0.3) is 0 Å². The van der Waals surface area contributed by atoms with Crippen molar-refractivity contribution in [1.82, 2.24) is 4.98 Å². The summed E-state index contributed by atoms with van der Waals surface area (Å²) in [6.07, 6.45) is 5.09. The number of pyridine rings is 1. The van der Waals surface area contributed by atoms with Gasteiger partial charge >= 0.3 is 0 Å². The monoisotopic (exact) mass is 299 g/mol. The van der Waals surface area contributed by atoms with Gasteiger partial charge in [0.15, 0.2) is 0 Å². The molecule has 0 spiro atoms. The number of halogens is 1. The van der Waals surface area contributed by atoms with Gasteiger partial charge in [-0.3, -0.25) is 10.4 Å². The summed E-state index contributed by atoms with van der Waals surface area (Å²) in [6.45, 7) is 4.54. The lowest BCUT2D eigenvalue weighted by Gasteiger charge is -2.22. The maximum absolute atomic E-state index is 7.45. The van der Waals surface area contributed by atoms with Crippen LogP contribution in [0.5, 0.6) is 5.75 Å². The fraction of sp³-hybridized carbons (Fsp3) is 0.500. The fourth-order valence-electron chi connectivity index (χ4n) is 1.31. The van der Waals surface area contributed by atoms with E-state index in [0.717, 1.165) is 23.1 Å². The molecule has 94 valence electrons. The van der Waals surface area contributed by atoms with Crippen LogP contribution >= 0.6 is 15.9 Å². The van der Waals surface area contributed by atoms with E-state index in [1.54, 1.807) is 12.4 Å². The lowest BCUT2D eigenvalue weighted by molar-refractivity contribution is 0.286. The van der Waals surface area contributed by atoms with Gasteiger partial charge in [-0.25, -0.2) is 0 Å². The molecule has 4 nitrogen and oxygen atoms in total. The Hall–Kier alpha value is -1.10. The summed E-state index contributed by atoms with van der Waals surface area (Å²) in [6, 6.07) is 1.88. The Labute approximate surface area is 110 Å². The molecule has 0 aliphatic rings. The number of hydrogen-bond donors (Lipinski definition) is 2. The lowest BCUT2D eigenvalue weighted by Crippen LogP contribution is -2.31. The summed E-state index contributed by atoms with van der Waals surface area (Å²) in [5, 5.41) is 7.45. The molecular weight excluding hydrogens is 282 g/mol. The molecule has 0 atom stereocenters. The van der Waals surface area contributed by atoms with Crippen molar-refractivity contribution in [2.75, 3.05) is 6.61 Å². The second-order valence-electron chi connectivity index (χ2n) is 4.59. The molecule has 0 amide bonds. The van der Waals surface area contributed by atoms with Crippen LogP contribution in [0.3, 0.4) is 0 Å². The van der Waals surface area contributed by atoms with Gasteiger partial charge in [-0.1, -0.05) is 13.8 Å². The average molecular weight is 300 g/mol. The van der Waals surface area contributed by atoms with Crippen molar-refractivity contribution in [3.05, 3.63) is 22.9 Å². The molecule has 0 aliphatic heterocycles. The molecule has 1 rings (SSSR count). The Morgan fingerprint density at radius 3 is 2.82 bits per heavy atom. The number of nitrogens with two attached hydrogens (primary N) is 1. The summed E-state index contributed by atoms with van der Waals surface area (Å²) in [4.78, 5) is 4.01. The lowest BCUT2D eigenvalue weighted by atomic mass is 9.87. The third kappa shape index (κ3) is 4.73. The highest BCUT2D eigenvalue weighted by molar-refractivity contribution is 9.10. The first-order valence-corrected chi connectivity index (χ1v) is 6.29. The number of ether oxygens (including phenoxy) is 1. The van der Waals surface area contributed by atoms with Crippen LogP contribution in [0.1, 0.15) is 26.7 Å². The van der Waals surface area contributed by atoms with E-state index in [-0.39, 0.29) is 11.3 Å². The molecule has 0 aromatic carbocycles. The Balaban J connectivity index is 2.32.